The maximum Gasteiger partial charge on any atom is 0.249 e. The molecule has 3 N–H and O–H groups in total. The van der Waals surface area contributed by atoms with Gasteiger partial charge in [0.05, 0.1) is 6.61 Å². The fourth-order valence-corrected chi connectivity index (χ4v) is 2.32. The Kier molecular flexibility index (Phi) is 3.36. The van der Waals surface area contributed by atoms with Gasteiger partial charge in [-0.3, -0.25) is 19.7 Å². The second-order valence-corrected chi connectivity index (χ2v) is 4.73. The van der Waals surface area contributed by atoms with Crippen molar-refractivity contribution >= 4 is 17.7 Å². The molecule has 0 aromatic carbocycles. The Morgan fingerprint density at radius 3 is 2.89 bits per heavy atom. The van der Waals surface area contributed by atoms with Crippen molar-refractivity contribution in [3.63, 3.8) is 0 Å². The van der Waals surface area contributed by atoms with Gasteiger partial charge in [-0.15, -0.1) is 0 Å². The Morgan fingerprint density at radius 2 is 2.33 bits per heavy atom. The second-order valence-electron chi connectivity index (χ2n) is 4.73. The van der Waals surface area contributed by atoms with Crippen LogP contribution in [-0.4, -0.2) is 54.0 Å². The van der Waals surface area contributed by atoms with Crippen LogP contribution in [0.1, 0.15) is 19.8 Å². The van der Waals surface area contributed by atoms with Gasteiger partial charge in [-0.25, -0.2) is 0 Å². The minimum atomic E-state index is -1.11. The van der Waals surface area contributed by atoms with E-state index in [0.29, 0.717) is 19.4 Å². The number of hydrogen-bond donors (Lipinski definition) is 2. The first-order valence-corrected chi connectivity index (χ1v) is 5.99. The van der Waals surface area contributed by atoms with Crippen molar-refractivity contribution in [3.05, 3.63) is 0 Å². The summed E-state index contributed by atoms with van der Waals surface area (Å²) in [4.78, 5) is 36.7. The molecule has 2 fully saturated rings. The third kappa shape index (κ3) is 2.11. The molecule has 3 amide bonds. The van der Waals surface area contributed by atoms with Gasteiger partial charge in [-0.1, -0.05) is 6.92 Å². The van der Waals surface area contributed by atoms with E-state index >= 15 is 0 Å². The number of ether oxygens (including phenoxy) is 1. The quantitative estimate of drug-likeness (QED) is 0.577. The third-order valence-electron chi connectivity index (χ3n) is 3.38. The Morgan fingerprint density at radius 1 is 1.61 bits per heavy atom. The maximum absolute atomic E-state index is 12.4. The Labute approximate surface area is 105 Å². The maximum atomic E-state index is 12.4. The average molecular weight is 255 g/mol. The Hall–Kier alpha value is -1.47. The van der Waals surface area contributed by atoms with E-state index in [1.807, 2.05) is 0 Å². The van der Waals surface area contributed by atoms with E-state index in [0.717, 1.165) is 0 Å². The van der Waals surface area contributed by atoms with Crippen LogP contribution < -0.4 is 11.1 Å². The first-order chi connectivity index (χ1) is 8.48. The van der Waals surface area contributed by atoms with Crippen molar-refractivity contribution < 1.29 is 19.1 Å². The molecule has 0 radical (unpaired) electrons. The number of nitrogens with zero attached hydrogens (tertiary/aromatic N) is 1. The number of carbonyl (C=O) groups excluding carboxylic acids is 3. The smallest absolute Gasteiger partial charge is 0.249 e. The summed E-state index contributed by atoms with van der Waals surface area (Å²) >= 11 is 0. The van der Waals surface area contributed by atoms with Crippen molar-refractivity contribution in [1.82, 2.24) is 10.2 Å². The molecule has 2 heterocycles. The van der Waals surface area contributed by atoms with Crippen molar-refractivity contribution in [1.29, 1.82) is 0 Å². The van der Waals surface area contributed by atoms with E-state index in [2.05, 4.69) is 5.32 Å². The molecule has 100 valence electrons. The van der Waals surface area contributed by atoms with Crippen LogP contribution in [0.5, 0.6) is 0 Å². The lowest BCUT2D eigenvalue weighted by Gasteiger charge is -2.37. The monoisotopic (exact) mass is 255 g/mol. The normalized spacial score (nSPS) is 32.6. The summed E-state index contributed by atoms with van der Waals surface area (Å²) in [5, 5.41) is 2.22. The number of imide groups is 1. The molecule has 2 unspecified atom stereocenters. The van der Waals surface area contributed by atoms with Crippen LogP contribution in [0, 0.1) is 0 Å². The molecule has 7 heteroatoms. The van der Waals surface area contributed by atoms with Crippen LogP contribution in [0.2, 0.25) is 0 Å². The van der Waals surface area contributed by atoms with Crippen LogP contribution in [0.25, 0.3) is 0 Å². The predicted molar refractivity (Wildman–Crippen MR) is 61.3 cm³/mol. The number of hydrogen-bond acceptors (Lipinski definition) is 5. The van der Waals surface area contributed by atoms with Crippen LogP contribution >= 0.6 is 0 Å². The summed E-state index contributed by atoms with van der Waals surface area (Å²) < 4.78 is 5.14. The summed E-state index contributed by atoms with van der Waals surface area (Å²) in [5.41, 5.74) is 4.88. The van der Waals surface area contributed by atoms with Crippen LogP contribution in [0.4, 0.5) is 0 Å². The van der Waals surface area contributed by atoms with Crippen LogP contribution in [-0.2, 0) is 19.1 Å². The molecule has 0 aliphatic carbocycles. The van der Waals surface area contributed by atoms with Crippen LogP contribution in [0.15, 0.2) is 0 Å². The van der Waals surface area contributed by atoms with Crippen LogP contribution in [0.3, 0.4) is 0 Å². The molecule has 2 aliphatic rings. The topological polar surface area (TPSA) is 102 Å². The molecule has 2 atom stereocenters. The van der Waals surface area contributed by atoms with E-state index in [1.54, 1.807) is 6.92 Å². The van der Waals surface area contributed by atoms with Gasteiger partial charge >= 0.3 is 0 Å². The third-order valence-corrected chi connectivity index (χ3v) is 3.38. The first-order valence-electron chi connectivity index (χ1n) is 5.99. The molecular formula is C11H17N3O4. The SMILES string of the molecule is CCC1C(=O)NC(=O)CN1C(=O)C1(N)CCOC1. The Bertz CT molecular complexity index is 390. The van der Waals surface area contributed by atoms with E-state index in [9.17, 15) is 14.4 Å². The summed E-state index contributed by atoms with van der Waals surface area (Å²) in [5.74, 6) is -1.29. The van der Waals surface area contributed by atoms with Gasteiger partial charge in [0.1, 0.15) is 18.1 Å². The van der Waals surface area contributed by atoms with Crippen molar-refractivity contribution in [2.75, 3.05) is 19.8 Å². The van der Waals surface area contributed by atoms with Crippen molar-refractivity contribution in [2.45, 2.75) is 31.3 Å². The summed E-state index contributed by atoms with van der Waals surface area (Å²) in [7, 11) is 0. The second kappa shape index (κ2) is 4.66. The van der Waals surface area contributed by atoms with E-state index < -0.39 is 23.4 Å². The number of piperazine rings is 1. The molecule has 0 aromatic heterocycles. The van der Waals surface area contributed by atoms with Gasteiger partial charge in [0.2, 0.25) is 17.7 Å². The highest BCUT2D eigenvalue weighted by Gasteiger charge is 2.46. The molecule has 2 rings (SSSR count). The number of nitrogens with two attached hydrogens (primary N) is 1. The number of carbonyl (C=O) groups is 3. The fraction of sp³-hybridized carbons (Fsp3) is 0.727. The van der Waals surface area contributed by atoms with E-state index in [1.165, 1.54) is 4.90 Å². The van der Waals surface area contributed by atoms with Gasteiger partial charge in [0, 0.05) is 6.61 Å². The van der Waals surface area contributed by atoms with Gasteiger partial charge in [0.25, 0.3) is 0 Å². The lowest BCUT2D eigenvalue weighted by molar-refractivity contribution is -0.153. The molecular weight excluding hydrogens is 238 g/mol. The molecule has 7 nitrogen and oxygen atoms in total. The standard InChI is InChI=1S/C11H17N3O4/c1-2-7-9(16)13-8(15)5-14(7)10(17)11(12)3-4-18-6-11/h7H,2-6,12H2,1H3,(H,13,15,16). The summed E-state index contributed by atoms with van der Waals surface area (Å²) in [6.07, 6.45) is 0.858. The highest BCUT2D eigenvalue weighted by molar-refractivity contribution is 6.05. The lowest BCUT2D eigenvalue weighted by Crippen LogP contribution is -2.65. The summed E-state index contributed by atoms with van der Waals surface area (Å²) in [6.45, 7) is 2.22. The number of rotatable bonds is 2. The first kappa shape index (κ1) is 13.0. The largest absolute Gasteiger partial charge is 0.379 e. The molecule has 0 aromatic rings. The minimum absolute atomic E-state index is 0.123. The van der Waals surface area contributed by atoms with Gasteiger partial charge in [0.15, 0.2) is 0 Å². The highest BCUT2D eigenvalue weighted by atomic mass is 16.5. The molecule has 0 spiro atoms. The van der Waals surface area contributed by atoms with Gasteiger partial charge < -0.3 is 15.4 Å². The lowest BCUT2D eigenvalue weighted by atomic mass is 9.96. The molecule has 0 saturated carbocycles. The van der Waals surface area contributed by atoms with E-state index in [4.69, 9.17) is 10.5 Å². The zero-order valence-corrected chi connectivity index (χ0v) is 10.3. The van der Waals surface area contributed by atoms with Crippen molar-refractivity contribution in [2.24, 2.45) is 5.73 Å². The zero-order valence-electron chi connectivity index (χ0n) is 10.3. The van der Waals surface area contributed by atoms with E-state index in [-0.39, 0.29) is 19.1 Å². The number of amides is 3. The van der Waals surface area contributed by atoms with Gasteiger partial charge in [-0.2, -0.15) is 0 Å². The predicted octanol–water partition coefficient (Wildman–Crippen LogP) is -1.63. The molecule has 2 saturated heterocycles. The van der Waals surface area contributed by atoms with Gasteiger partial charge in [-0.05, 0) is 12.8 Å². The molecule has 0 bridgehead atoms. The van der Waals surface area contributed by atoms with Crippen molar-refractivity contribution in [3.8, 4) is 0 Å². The number of nitrogens with one attached hydrogen (secondary N) is 1. The zero-order chi connectivity index (χ0) is 13.3. The fourth-order valence-electron chi connectivity index (χ4n) is 2.32. The molecule has 2 aliphatic heterocycles. The average Bonchev–Trinajstić information content (AvgIpc) is 2.75. The summed E-state index contributed by atoms with van der Waals surface area (Å²) in [6, 6.07) is -0.628. The minimum Gasteiger partial charge on any atom is -0.379 e. The highest BCUT2D eigenvalue weighted by Crippen LogP contribution is 2.21. The Balaban J connectivity index is 2.21. The molecule has 18 heavy (non-hydrogen) atoms.